The van der Waals surface area contributed by atoms with Gasteiger partial charge in [0.1, 0.15) is 0 Å². The summed E-state index contributed by atoms with van der Waals surface area (Å²) < 4.78 is 0. The van der Waals surface area contributed by atoms with E-state index >= 15 is 0 Å². The molecule has 2 aliphatic carbocycles. The van der Waals surface area contributed by atoms with Gasteiger partial charge in [-0.1, -0.05) is 27.2 Å². The minimum Gasteiger partial charge on any atom is -0.353 e. The van der Waals surface area contributed by atoms with Crippen molar-refractivity contribution in [3.63, 3.8) is 0 Å². The summed E-state index contributed by atoms with van der Waals surface area (Å²) in [4.78, 5) is 11.9. The molecule has 0 radical (unpaired) electrons. The maximum Gasteiger partial charge on any atom is 0.220 e. The van der Waals surface area contributed by atoms with Gasteiger partial charge in [-0.2, -0.15) is 0 Å². The van der Waals surface area contributed by atoms with Crippen molar-refractivity contribution in [1.82, 2.24) is 5.32 Å². The van der Waals surface area contributed by atoms with E-state index in [1.165, 1.54) is 32.1 Å². The molecule has 3 atom stereocenters. The predicted octanol–water partition coefficient (Wildman–Crippen LogP) is 3.36. The topological polar surface area (TPSA) is 29.1 Å². The summed E-state index contributed by atoms with van der Waals surface area (Å²) in [5.74, 6) is 3.22. The highest BCUT2D eigenvalue weighted by atomic mass is 16.1. The molecule has 2 fully saturated rings. The summed E-state index contributed by atoms with van der Waals surface area (Å²) in [7, 11) is 0. The molecule has 2 rings (SSSR count). The van der Waals surface area contributed by atoms with Crippen LogP contribution < -0.4 is 5.32 Å². The smallest absolute Gasteiger partial charge is 0.220 e. The molecule has 0 heterocycles. The van der Waals surface area contributed by atoms with Crippen molar-refractivity contribution < 1.29 is 4.79 Å². The molecule has 3 unspecified atom stereocenters. The van der Waals surface area contributed by atoms with Crippen LogP contribution in [0.3, 0.4) is 0 Å². The summed E-state index contributed by atoms with van der Waals surface area (Å²) in [5.41, 5.74) is 0. The summed E-state index contributed by atoms with van der Waals surface area (Å²) in [5, 5.41) is 3.14. The molecule has 0 saturated heterocycles. The molecule has 0 aromatic rings. The van der Waals surface area contributed by atoms with Crippen LogP contribution in [0.15, 0.2) is 0 Å². The lowest BCUT2D eigenvalue weighted by Crippen LogP contribution is -2.34. The zero-order valence-corrected chi connectivity index (χ0v) is 11.5. The summed E-state index contributed by atoms with van der Waals surface area (Å²) >= 11 is 0. The molecule has 98 valence electrons. The monoisotopic (exact) mass is 237 g/mol. The lowest BCUT2D eigenvalue weighted by Gasteiger charge is -2.37. The second kappa shape index (κ2) is 5.41. The molecule has 1 amide bonds. The normalized spacial score (nSPS) is 33.8. The molecule has 0 aromatic carbocycles. The Kier molecular flexibility index (Phi) is 4.11. The fraction of sp³-hybridized carbons (Fsp3) is 0.933. The van der Waals surface area contributed by atoms with Gasteiger partial charge in [-0.05, 0) is 49.4 Å². The Hall–Kier alpha value is -0.530. The van der Waals surface area contributed by atoms with Crippen LogP contribution in [-0.2, 0) is 4.79 Å². The molecule has 2 nitrogen and oxygen atoms in total. The zero-order valence-electron chi connectivity index (χ0n) is 11.5. The van der Waals surface area contributed by atoms with Crippen LogP contribution in [0.5, 0.6) is 0 Å². The number of amides is 1. The second-order valence-corrected chi connectivity index (χ2v) is 6.63. The van der Waals surface area contributed by atoms with Crippen LogP contribution in [0.25, 0.3) is 0 Å². The summed E-state index contributed by atoms with van der Waals surface area (Å²) in [6.45, 7) is 6.96. The first kappa shape index (κ1) is 12.9. The maximum absolute atomic E-state index is 11.9. The van der Waals surface area contributed by atoms with Crippen LogP contribution in [-0.4, -0.2) is 11.9 Å². The number of hydrogen-bond acceptors (Lipinski definition) is 1. The highest BCUT2D eigenvalue weighted by Gasteiger charge is 2.33. The van der Waals surface area contributed by atoms with Gasteiger partial charge in [-0.25, -0.2) is 0 Å². The number of hydrogen-bond donors (Lipinski definition) is 1. The highest BCUT2D eigenvalue weighted by Crippen LogP contribution is 2.39. The van der Waals surface area contributed by atoms with Crippen molar-refractivity contribution in [1.29, 1.82) is 0 Å². The van der Waals surface area contributed by atoms with Crippen LogP contribution in [0.1, 0.15) is 59.3 Å². The zero-order chi connectivity index (χ0) is 12.4. The number of nitrogens with one attached hydrogen (secondary N) is 1. The molecule has 2 saturated carbocycles. The molecule has 17 heavy (non-hydrogen) atoms. The lowest BCUT2D eigenvalue weighted by atomic mass is 9.69. The van der Waals surface area contributed by atoms with Gasteiger partial charge in [0, 0.05) is 12.5 Å². The molecule has 1 N–H and O–H groups in total. The van der Waals surface area contributed by atoms with Gasteiger partial charge in [-0.15, -0.1) is 0 Å². The molecular weight excluding hydrogens is 210 g/mol. The molecular formula is C15H27NO. The average molecular weight is 237 g/mol. The van der Waals surface area contributed by atoms with Crippen molar-refractivity contribution >= 4 is 5.91 Å². The van der Waals surface area contributed by atoms with Gasteiger partial charge in [0.25, 0.3) is 0 Å². The molecule has 0 aliphatic heterocycles. The van der Waals surface area contributed by atoms with Crippen molar-refractivity contribution in [3.05, 3.63) is 0 Å². The fourth-order valence-electron chi connectivity index (χ4n) is 3.39. The van der Waals surface area contributed by atoms with Gasteiger partial charge < -0.3 is 5.32 Å². The Bertz CT molecular complexity index is 270. The Labute approximate surface area is 106 Å². The third kappa shape index (κ3) is 3.72. The Balaban J connectivity index is 1.87. The lowest BCUT2D eigenvalue weighted by molar-refractivity contribution is -0.123. The standard InChI is InChI=1S/C15H27NO/c1-10(2)14-7-4-11(3)8-12(14)9-15(17)16-13-5-6-13/h10-14H,4-9H2,1-3H3,(H,16,17). The fourth-order valence-corrected chi connectivity index (χ4v) is 3.39. The van der Waals surface area contributed by atoms with Crippen molar-refractivity contribution in [3.8, 4) is 0 Å². The van der Waals surface area contributed by atoms with Gasteiger partial charge in [0.15, 0.2) is 0 Å². The van der Waals surface area contributed by atoms with E-state index < -0.39 is 0 Å². The minimum atomic E-state index is 0.303. The SMILES string of the molecule is CC1CCC(C(C)C)C(CC(=O)NC2CC2)C1. The highest BCUT2D eigenvalue weighted by molar-refractivity contribution is 5.76. The van der Waals surface area contributed by atoms with E-state index in [1.807, 2.05) is 0 Å². The molecule has 2 heteroatoms. The largest absolute Gasteiger partial charge is 0.353 e. The molecule has 0 bridgehead atoms. The first-order valence-electron chi connectivity index (χ1n) is 7.35. The quantitative estimate of drug-likeness (QED) is 0.798. The predicted molar refractivity (Wildman–Crippen MR) is 70.6 cm³/mol. The van der Waals surface area contributed by atoms with Gasteiger partial charge in [-0.3, -0.25) is 4.79 Å². The third-order valence-corrected chi connectivity index (χ3v) is 4.55. The Morgan fingerprint density at radius 2 is 1.94 bits per heavy atom. The van der Waals surface area contributed by atoms with Crippen LogP contribution in [0.4, 0.5) is 0 Å². The van der Waals surface area contributed by atoms with E-state index in [-0.39, 0.29) is 0 Å². The van der Waals surface area contributed by atoms with E-state index in [1.54, 1.807) is 0 Å². The van der Waals surface area contributed by atoms with Crippen LogP contribution in [0, 0.1) is 23.7 Å². The van der Waals surface area contributed by atoms with E-state index in [0.717, 1.165) is 24.2 Å². The second-order valence-electron chi connectivity index (χ2n) is 6.63. The van der Waals surface area contributed by atoms with E-state index in [4.69, 9.17) is 0 Å². The first-order chi connectivity index (χ1) is 8.06. The van der Waals surface area contributed by atoms with Crippen LogP contribution >= 0.6 is 0 Å². The average Bonchev–Trinajstić information content (AvgIpc) is 3.00. The van der Waals surface area contributed by atoms with E-state index in [9.17, 15) is 4.79 Å². The van der Waals surface area contributed by atoms with Gasteiger partial charge in [0.2, 0.25) is 5.91 Å². The summed E-state index contributed by atoms with van der Waals surface area (Å²) in [6, 6.07) is 0.515. The molecule has 0 spiro atoms. The van der Waals surface area contributed by atoms with Gasteiger partial charge in [0.05, 0.1) is 0 Å². The van der Waals surface area contributed by atoms with Gasteiger partial charge >= 0.3 is 0 Å². The molecule has 2 aliphatic rings. The van der Waals surface area contributed by atoms with E-state index in [0.29, 0.717) is 17.9 Å². The van der Waals surface area contributed by atoms with Crippen molar-refractivity contribution in [2.45, 2.75) is 65.3 Å². The third-order valence-electron chi connectivity index (χ3n) is 4.55. The van der Waals surface area contributed by atoms with Crippen molar-refractivity contribution in [2.75, 3.05) is 0 Å². The maximum atomic E-state index is 11.9. The summed E-state index contributed by atoms with van der Waals surface area (Å²) in [6.07, 6.45) is 7.08. The van der Waals surface area contributed by atoms with Crippen molar-refractivity contribution in [2.24, 2.45) is 23.7 Å². The van der Waals surface area contributed by atoms with Crippen LogP contribution in [0.2, 0.25) is 0 Å². The first-order valence-corrected chi connectivity index (χ1v) is 7.35. The Morgan fingerprint density at radius 1 is 1.24 bits per heavy atom. The Morgan fingerprint density at radius 3 is 2.53 bits per heavy atom. The molecule has 0 aromatic heterocycles. The number of rotatable bonds is 4. The minimum absolute atomic E-state index is 0.303. The number of carbonyl (C=O) groups excluding carboxylic acids is 1. The number of carbonyl (C=O) groups is 1. The van der Waals surface area contributed by atoms with E-state index in [2.05, 4.69) is 26.1 Å².